The summed E-state index contributed by atoms with van der Waals surface area (Å²) in [4.78, 5) is 12.3. The third-order valence-corrected chi connectivity index (χ3v) is 4.39. The van der Waals surface area contributed by atoms with E-state index in [2.05, 4.69) is 35.4 Å². The molecule has 0 unspecified atom stereocenters. The normalized spacial score (nSPS) is 15.1. The minimum absolute atomic E-state index is 0.135. The number of nitrogens with zero attached hydrogens (tertiary/aromatic N) is 2. The van der Waals surface area contributed by atoms with Crippen LogP contribution in [0.5, 0.6) is 11.6 Å². The predicted octanol–water partition coefficient (Wildman–Crippen LogP) is 3.61. The summed E-state index contributed by atoms with van der Waals surface area (Å²) in [6.45, 7) is 7.68. The van der Waals surface area contributed by atoms with Crippen molar-refractivity contribution in [3.63, 3.8) is 0 Å². The van der Waals surface area contributed by atoms with Crippen molar-refractivity contribution in [2.24, 2.45) is 0 Å². The summed E-state index contributed by atoms with van der Waals surface area (Å²) in [5, 5.41) is 11.0. The summed E-state index contributed by atoms with van der Waals surface area (Å²) in [5.41, 5.74) is 2.63. The van der Waals surface area contributed by atoms with Crippen LogP contribution in [0, 0.1) is 6.92 Å². The Balaban J connectivity index is 1.65. The van der Waals surface area contributed by atoms with Crippen LogP contribution >= 0.6 is 0 Å². The van der Waals surface area contributed by atoms with Crippen LogP contribution in [0.25, 0.3) is 0 Å². The highest BCUT2D eigenvalue weighted by Gasteiger charge is 2.18. The van der Waals surface area contributed by atoms with Gasteiger partial charge in [-0.1, -0.05) is 19.9 Å². The molecule has 1 aliphatic heterocycles. The lowest BCUT2D eigenvalue weighted by Gasteiger charge is -2.22. The van der Waals surface area contributed by atoms with E-state index in [0.29, 0.717) is 25.0 Å². The quantitative estimate of drug-likeness (QED) is 0.887. The van der Waals surface area contributed by atoms with E-state index in [4.69, 9.17) is 9.47 Å². The molecule has 0 aliphatic carbocycles. The van der Waals surface area contributed by atoms with Gasteiger partial charge in [0, 0.05) is 25.3 Å². The minimum atomic E-state index is -0.214. The van der Waals surface area contributed by atoms with Crippen LogP contribution in [0.15, 0.2) is 30.3 Å². The fraction of sp³-hybridized carbons (Fsp3) is 0.450. The van der Waals surface area contributed by atoms with Gasteiger partial charge in [0.1, 0.15) is 5.75 Å². The number of carbonyl (C=O) groups excluding carboxylic acids is 1. The Labute approximate surface area is 153 Å². The number of aromatic nitrogens is 2. The van der Waals surface area contributed by atoms with E-state index >= 15 is 0 Å². The smallest absolute Gasteiger partial charge is 0.272 e. The molecule has 0 spiro atoms. The average Bonchev–Trinajstić information content (AvgIpc) is 2.62. The van der Waals surface area contributed by atoms with Crippen molar-refractivity contribution in [3.05, 3.63) is 47.2 Å². The molecule has 0 atom stereocenters. The lowest BCUT2D eigenvalue weighted by atomic mass is 10.0. The number of amides is 1. The molecule has 3 rings (SSSR count). The van der Waals surface area contributed by atoms with Crippen molar-refractivity contribution in [3.8, 4) is 11.6 Å². The molecule has 2 heterocycles. The van der Waals surface area contributed by atoms with Gasteiger partial charge in [-0.3, -0.25) is 4.79 Å². The summed E-state index contributed by atoms with van der Waals surface area (Å²) < 4.78 is 11.1. The van der Waals surface area contributed by atoms with Crippen molar-refractivity contribution in [1.82, 2.24) is 15.5 Å². The molecule has 0 radical (unpaired) electrons. The van der Waals surface area contributed by atoms with E-state index in [9.17, 15) is 4.79 Å². The summed E-state index contributed by atoms with van der Waals surface area (Å²) in [7, 11) is 0. The lowest BCUT2D eigenvalue weighted by molar-refractivity contribution is 0.0693. The second kappa shape index (κ2) is 8.27. The van der Waals surface area contributed by atoms with Crippen LogP contribution in [0.3, 0.4) is 0 Å². The van der Waals surface area contributed by atoms with Gasteiger partial charge in [0.25, 0.3) is 5.91 Å². The molecule has 1 N–H and O–H groups in total. The van der Waals surface area contributed by atoms with Gasteiger partial charge in [0.2, 0.25) is 5.88 Å². The molecule has 1 aromatic heterocycles. The number of rotatable bonds is 5. The Hall–Kier alpha value is -2.47. The Bertz CT molecular complexity index is 753. The first-order valence-electron chi connectivity index (χ1n) is 9.03. The van der Waals surface area contributed by atoms with E-state index in [1.165, 1.54) is 5.56 Å². The molecule has 26 heavy (non-hydrogen) atoms. The summed E-state index contributed by atoms with van der Waals surface area (Å²) in [6, 6.07) is 9.55. The van der Waals surface area contributed by atoms with Gasteiger partial charge in [-0.2, -0.15) is 0 Å². The van der Waals surface area contributed by atoms with Crippen molar-refractivity contribution in [2.75, 3.05) is 13.2 Å². The zero-order valence-corrected chi connectivity index (χ0v) is 15.5. The second-order valence-electron chi connectivity index (χ2n) is 6.95. The van der Waals surface area contributed by atoms with Crippen LogP contribution in [-0.4, -0.2) is 35.4 Å². The molecular weight excluding hydrogens is 330 g/mol. The van der Waals surface area contributed by atoms with Gasteiger partial charge in [-0.05, 0) is 55.0 Å². The number of nitrogens with one attached hydrogen (secondary N) is 1. The number of aryl methyl sites for hydroxylation is 1. The van der Waals surface area contributed by atoms with Crippen LogP contribution in [0.1, 0.15) is 54.2 Å². The van der Waals surface area contributed by atoms with E-state index in [-0.39, 0.29) is 17.6 Å². The van der Waals surface area contributed by atoms with E-state index in [1.807, 2.05) is 19.1 Å². The van der Waals surface area contributed by atoms with E-state index < -0.39 is 0 Å². The van der Waals surface area contributed by atoms with Gasteiger partial charge >= 0.3 is 0 Å². The highest BCUT2D eigenvalue weighted by atomic mass is 16.5. The van der Waals surface area contributed by atoms with Gasteiger partial charge in [-0.15, -0.1) is 10.2 Å². The maximum Gasteiger partial charge on any atom is 0.272 e. The molecule has 6 heteroatoms. The maximum absolute atomic E-state index is 12.3. The van der Waals surface area contributed by atoms with Gasteiger partial charge < -0.3 is 14.8 Å². The maximum atomic E-state index is 12.3. The monoisotopic (exact) mass is 355 g/mol. The van der Waals surface area contributed by atoms with E-state index in [0.717, 1.165) is 24.2 Å². The fourth-order valence-corrected chi connectivity index (χ4v) is 2.89. The zero-order chi connectivity index (χ0) is 18.5. The third kappa shape index (κ3) is 4.79. The molecule has 6 nitrogen and oxygen atoms in total. The van der Waals surface area contributed by atoms with Crippen LogP contribution in [-0.2, 0) is 4.74 Å². The molecular formula is C20H25N3O3. The Kier molecular flexibility index (Phi) is 5.83. The summed E-state index contributed by atoms with van der Waals surface area (Å²) in [5.74, 6) is 1.29. The minimum Gasteiger partial charge on any atom is -0.438 e. The highest BCUT2D eigenvalue weighted by molar-refractivity contribution is 5.92. The summed E-state index contributed by atoms with van der Waals surface area (Å²) in [6.07, 6.45) is 1.65. The van der Waals surface area contributed by atoms with Crippen LogP contribution < -0.4 is 10.1 Å². The van der Waals surface area contributed by atoms with E-state index in [1.54, 1.807) is 12.1 Å². The highest BCUT2D eigenvalue weighted by Crippen LogP contribution is 2.26. The van der Waals surface area contributed by atoms with Crippen molar-refractivity contribution < 1.29 is 14.3 Å². The topological polar surface area (TPSA) is 73.3 Å². The van der Waals surface area contributed by atoms with Gasteiger partial charge in [0.05, 0.1) is 0 Å². The first-order chi connectivity index (χ1) is 12.5. The molecule has 0 bridgehead atoms. The number of carbonyl (C=O) groups is 1. The van der Waals surface area contributed by atoms with Gasteiger partial charge in [0.15, 0.2) is 5.69 Å². The molecule has 138 valence electrons. The molecule has 1 aromatic carbocycles. The molecule has 0 saturated carbocycles. The molecule has 2 aromatic rings. The second-order valence-corrected chi connectivity index (χ2v) is 6.95. The molecule has 1 amide bonds. The van der Waals surface area contributed by atoms with Crippen molar-refractivity contribution in [2.45, 2.75) is 45.6 Å². The van der Waals surface area contributed by atoms with Crippen molar-refractivity contribution >= 4 is 5.91 Å². The fourth-order valence-electron chi connectivity index (χ4n) is 2.89. The Morgan fingerprint density at radius 2 is 1.96 bits per heavy atom. The molecule has 1 fully saturated rings. The zero-order valence-electron chi connectivity index (χ0n) is 15.5. The Morgan fingerprint density at radius 1 is 1.19 bits per heavy atom. The third-order valence-electron chi connectivity index (χ3n) is 4.39. The van der Waals surface area contributed by atoms with Crippen LogP contribution in [0.2, 0.25) is 0 Å². The molecule has 1 aliphatic rings. The predicted molar refractivity (Wildman–Crippen MR) is 98.7 cm³/mol. The summed E-state index contributed by atoms with van der Waals surface area (Å²) >= 11 is 0. The van der Waals surface area contributed by atoms with Crippen LogP contribution in [0.4, 0.5) is 0 Å². The number of hydrogen-bond donors (Lipinski definition) is 1. The largest absolute Gasteiger partial charge is 0.438 e. The number of hydrogen-bond acceptors (Lipinski definition) is 5. The average molecular weight is 355 g/mol. The number of ether oxygens (including phenoxy) is 2. The number of benzene rings is 1. The lowest BCUT2D eigenvalue weighted by Crippen LogP contribution is -2.39. The van der Waals surface area contributed by atoms with Gasteiger partial charge in [-0.25, -0.2) is 0 Å². The van der Waals surface area contributed by atoms with Crippen molar-refractivity contribution in [1.29, 1.82) is 0 Å². The molecule has 1 saturated heterocycles. The first-order valence-corrected chi connectivity index (χ1v) is 9.03. The first kappa shape index (κ1) is 18.3. The Morgan fingerprint density at radius 3 is 2.62 bits per heavy atom. The SMILES string of the molecule is Cc1cc(Oc2ccc(C(=O)NC3CCOCC3)nn2)cc(C(C)C)c1. The standard InChI is InChI=1S/C20H25N3O3/c1-13(2)15-10-14(3)11-17(12-15)26-19-5-4-18(22-23-19)20(24)21-16-6-8-25-9-7-16/h4-5,10-13,16H,6-9H2,1-3H3,(H,21,24).